The molecule has 1 saturated heterocycles. The standard InChI is InChI=1S/C22H27N3O4/c1-16-4-3-12-25(15-16)22(27)20-14-17(9-10-23-20)21(26)24-11-13-29-19-7-5-18(28-2)6-8-19/h5-10,14,16H,3-4,11-13,15H2,1-2H3,(H,24,26). The number of nitrogens with zero attached hydrogens (tertiary/aromatic N) is 2. The molecule has 1 atom stereocenters. The third kappa shape index (κ3) is 5.70. The molecule has 0 bridgehead atoms. The lowest BCUT2D eigenvalue weighted by molar-refractivity contribution is 0.0677. The molecule has 7 heteroatoms. The number of amides is 2. The van der Waals surface area contributed by atoms with E-state index in [0.717, 1.165) is 31.7 Å². The van der Waals surface area contributed by atoms with Crippen LogP contribution in [0.25, 0.3) is 0 Å². The second-order valence-electron chi connectivity index (χ2n) is 7.21. The number of likely N-dealkylation sites (tertiary alicyclic amines) is 1. The minimum atomic E-state index is -0.258. The lowest BCUT2D eigenvalue weighted by atomic mass is 10.00. The number of benzene rings is 1. The first-order valence-electron chi connectivity index (χ1n) is 9.87. The van der Waals surface area contributed by atoms with Crippen molar-refractivity contribution in [3.8, 4) is 11.5 Å². The second-order valence-corrected chi connectivity index (χ2v) is 7.21. The van der Waals surface area contributed by atoms with Crippen LogP contribution in [0.4, 0.5) is 0 Å². The van der Waals surface area contributed by atoms with Gasteiger partial charge in [-0.1, -0.05) is 6.92 Å². The van der Waals surface area contributed by atoms with Crippen LogP contribution in [0.5, 0.6) is 11.5 Å². The van der Waals surface area contributed by atoms with Crippen molar-refractivity contribution in [2.45, 2.75) is 19.8 Å². The van der Waals surface area contributed by atoms with Crippen LogP contribution < -0.4 is 14.8 Å². The molecule has 0 spiro atoms. The predicted octanol–water partition coefficient (Wildman–Crippen LogP) is 2.77. The molecule has 1 aliphatic heterocycles. The van der Waals surface area contributed by atoms with Crippen LogP contribution in [0.3, 0.4) is 0 Å². The van der Waals surface area contributed by atoms with Gasteiger partial charge in [0.1, 0.15) is 23.8 Å². The second kappa shape index (κ2) is 9.91. The summed E-state index contributed by atoms with van der Waals surface area (Å²) in [4.78, 5) is 31.1. The van der Waals surface area contributed by atoms with Crippen molar-refractivity contribution in [1.29, 1.82) is 0 Å². The summed E-state index contributed by atoms with van der Waals surface area (Å²) in [5.41, 5.74) is 0.721. The Morgan fingerprint density at radius 3 is 2.69 bits per heavy atom. The van der Waals surface area contributed by atoms with Crippen LogP contribution in [0.2, 0.25) is 0 Å². The lowest BCUT2D eigenvalue weighted by Gasteiger charge is -2.30. The summed E-state index contributed by atoms with van der Waals surface area (Å²) < 4.78 is 10.7. The van der Waals surface area contributed by atoms with Gasteiger partial charge < -0.3 is 19.7 Å². The van der Waals surface area contributed by atoms with Crippen LogP contribution >= 0.6 is 0 Å². The van der Waals surface area contributed by atoms with E-state index in [1.807, 2.05) is 29.2 Å². The summed E-state index contributed by atoms with van der Waals surface area (Å²) in [5, 5.41) is 2.80. The highest BCUT2D eigenvalue weighted by Gasteiger charge is 2.23. The minimum absolute atomic E-state index is 0.117. The van der Waals surface area contributed by atoms with Gasteiger partial charge in [0.25, 0.3) is 11.8 Å². The molecular weight excluding hydrogens is 370 g/mol. The Kier molecular flexibility index (Phi) is 7.05. The maximum atomic E-state index is 12.7. The summed E-state index contributed by atoms with van der Waals surface area (Å²) in [5.74, 6) is 1.58. The number of hydrogen-bond donors (Lipinski definition) is 1. The van der Waals surface area contributed by atoms with E-state index in [9.17, 15) is 9.59 Å². The first-order valence-corrected chi connectivity index (χ1v) is 9.87. The molecule has 0 aliphatic carbocycles. The number of aromatic nitrogens is 1. The number of carbonyl (C=O) groups excluding carboxylic acids is 2. The van der Waals surface area contributed by atoms with Crippen molar-refractivity contribution < 1.29 is 19.1 Å². The first kappa shape index (κ1) is 20.6. The van der Waals surface area contributed by atoms with Gasteiger partial charge in [0.05, 0.1) is 13.7 Å². The molecule has 154 valence electrons. The Morgan fingerprint density at radius 1 is 1.21 bits per heavy atom. The van der Waals surface area contributed by atoms with E-state index in [1.165, 1.54) is 6.20 Å². The highest BCUT2D eigenvalue weighted by Crippen LogP contribution is 2.18. The molecule has 3 rings (SSSR count). The zero-order valence-corrected chi connectivity index (χ0v) is 16.9. The van der Waals surface area contributed by atoms with Crippen LogP contribution in [-0.4, -0.2) is 55.0 Å². The lowest BCUT2D eigenvalue weighted by Crippen LogP contribution is -2.39. The van der Waals surface area contributed by atoms with E-state index in [4.69, 9.17) is 9.47 Å². The molecule has 29 heavy (non-hydrogen) atoms. The molecule has 2 heterocycles. The number of methoxy groups -OCH3 is 1. The molecule has 0 radical (unpaired) electrons. The van der Waals surface area contributed by atoms with E-state index < -0.39 is 0 Å². The maximum absolute atomic E-state index is 12.7. The molecule has 1 aromatic heterocycles. The normalized spacial score (nSPS) is 16.2. The van der Waals surface area contributed by atoms with E-state index in [1.54, 1.807) is 19.2 Å². The fourth-order valence-electron chi connectivity index (χ4n) is 3.33. The van der Waals surface area contributed by atoms with Gasteiger partial charge in [-0.2, -0.15) is 0 Å². The predicted molar refractivity (Wildman–Crippen MR) is 109 cm³/mol. The van der Waals surface area contributed by atoms with Gasteiger partial charge in [-0.25, -0.2) is 0 Å². The summed E-state index contributed by atoms with van der Waals surface area (Å²) in [6.07, 6.45) is 3.64. The zero-order chi connectivity index (χ0) is 20.6. The SMILES string of the molecule is COc1ccc(OCCNC(=O)c2ccnc(C(=O)N3CCCC(C)C3)c2)cc1. The van der Waals surface area contributed by atoms with Crippen LogP contribution in [0.15, 0.2) is 42.6 Å². The fourth-order valence-corrected chi connectivity index (χ4v) is 3.33. The number of ether oxygens (including phenoxy) is 2. The summed E-state index contributed by atoms with van der Waals surface area (Å²) in [6.45, 7) is 4.30. The molecular formula is C22H27N3O4. The van der Waals surface area contributed by atoms with Crippen LogP contribution in [-0.2, 0) is 0 Å². The summed E-state index contributed by atoms with van der Waals surface area (Å²) in [7, 11) is 1.61. The van der Waals surface area contributed by atoms with Gasteiger partial charge in [0.2, 0.25) is 0 Å². The van der Waals surface area contributed by atoms with Gasteiger partial charge >= 0.3 is 0 Å². The van der Waals surface area contributed by atoms with E-state index in [2.05, 4.69) is 17.2 Å². The first-order chi connectivity index (χ1) is 14.1. The monoisotopic (exact) mass is 397 g/mol. The minimum Gasteiger partial charge on any atom is -0.497 e. The zero-order valence-electron chi connectivity index (χ0n) is 16.9. The van der Waals surface area contributed by atoms with Crippen molar-refractivity contribution in [2.75, 3.05) is 33.4 Å². The maximum Gasteiger partial charge on any atom is 0.272 e. The number of nitrogens with one attached hydrogen (secondary N) is 1. The Hall–Kier alpha value is -3.09. The van der Waals surface area contributed by atoms with Crippen molar-refractivity contribution in [3.63, 3.8) is 0 Å². The van der Waals surface area contributed by atoms with Crippen molar-refractivity contribution >= 4 is 11.8 Å². The molecule has 2 aromatic rings. The molecule has 1 aliphatic rings. The van der Waals surface area contributed by atoms with E-state index >= 15 is 0 Å². The largest absolute Gasteiger partial charge is 0.497 e. The number of rotatable bonds is 7. The highest BCUT2D eigenvalue weighted by atomic mass is 16.5. The quantitative estimate of drug-likeness (QED) is 0.727. The third-order valence-electron chi connectivity index (χ3n) is 4.90. The molecule has 7 nitrogen and oxygen atoms in total. The highest BCUT2D eigenvalue weighted by molar-refractivity contribution is 5.98. The number of piperidine rings is 1. The molecule has 1 N–H and O–H groups in total. The van der Waals surface area contributed by atoms with Crippen molar-refractivity contribution in [3.05, 3.63) is 53.9 Å². The molecule has 1 fully saturated rings. The van der Waals surface area contributed by atoms with E-state index in [-0.39, 0.29) is 11.8 Å². The number of carbonyl (C=O) groups is 2. The average molecular weight is 397 g/mol. The number of hydrogen-bond acceptors (Lipinski definition) is 5. The Bertz CT molecular complexity index is 838. The summed E-state index contributed by atoms with van der Waals surface area (Å²) >= 11 is 0. The van der Waals surface area contributed by atoms with E-state index in [0.29, 0.717) is 36.1 Å². The van der Waals surface area contributed by atoms with Gasteiger partial charge in [0.15, 0.2) is 0 Å². The Morgan fingerprint density at radius 2 is 1.97 bits per heavy atom. The fraction of sp³-hybridized carbons (Fsp3) is 0.409. The molecule has 1 unspecified atom stereocenters. The average Bonchev–Trinajstić information content (AvgIpc) is 2.76. The topological polar surface area (TPSA) is 80.8 Å². The Balaban J connectivity index is 1.50. The summed E-state index contributed by atoms with van der Waals surface area (Å²) in [6, 6.07) is 10.4. The third-order valence-corrected chi connectivity index (χ3v) is 4.90. The molecule has 0 saturated carbocycles. The van der Waals surface area contributed by atoms with Crippen LogP contribution in [0, 0.1) is 5.92 Å². The van der Waals surface area contributed by atoms with Gasteiger partial charge in [0, 0.05) is 24.8 Å². The van der Waals surface area contributed by atoms with Gasteiger partial charge in [-0.15, -0.1) is 0 Å². The van der Waals surface area contributed by atoms with Crippen molar-refractivity contribution in [1.82, 2.24) is 15.2 Å². The van der Waals surface area contributed by atoms with Gasteiger partial charge in [-0.3, -0.25) is 14.6 Å². The Labute approximate surface area is 171 Å². The number of pyridine rings is 1. The molecule has 1 aromatic carbocycles. The smallest absolute Gasteiger partial charge is 0.272 e. The van der Waals surface area contributed by atoms with Crippen LogP contribution in [0.1, 0.15) is 40.6 Å². The van der Waals surface area contributed by atoms with Crippen molar-refractivity contribution in [2.24, 2.45) is 5.92 Å². The molecule has 2 amide bonds. The van der Waals surface area contributed by atoms with Gasteiger partial charge in [-0.05, 0) is 55.2 Å².